The first kappa shape index (κ1) is 10.0. The van der Waals surface area contributed by atoms with E-state index < -0.39 is 0 Å². The number of nitrogens with one attached hydrogen (secondary N) is 1. The molecule has 13 heavy (non-hydrogen) atoms. The zero-order chi connectivity index (χ0) is 9.68. The van der Waals surface area contributed by atoms with Crippen molar-refractivity contribution in [1.29, 1.82) is 10.7 Å². The third-order valence-electron chi connectivity index (χ3n) is 2.51. The van der Waals surface area contributed by atoms with Crippen molar-refractivity contribution in [2.75, 3.05) is 6.67 Å². The van der Waals surface area contributed by atoms with Crippen LogP contribution in [0.3, 0.4) is 0 Å². The maximum atomic E-state index is 8.62. The van der Waals surface area contributed by atoms with E-state index in [1.807, 2.05) is 4.90 Å². The van der Waals surface area contributed by atoms with E-state index in [0.717, 1.165) is 25.7 Å². The van der Waals surface area contributed by atoms with Crippen LogP contribution in [0, 0.1) is 16.7 Å². The van der Waals surface area contributed by atoms with Crippen LogP contribution in [0.4, 0.5) is 0 Å². The fourth-order valence-corrected chi connectivity index (χ4v) is 1.77. The lowest BCUT2D eigenvalue weighted by Gasteiger charge is -2.28. The maximum absolute atomic E-state index is 8.62. The smallest absolute Gasteiger partial charge is 0.0970 e. The summed E-state index contributed by atoms with van der Waals surface area (Å²) in [5.41, 5.74) is 5.56. The van der Waals surface area contributed by atoms with E-state index in [1.165, 1.54) is 0 Å². The zero-order valence-electron chi connectivity index (χ0n) is 7.79. The first-order valence-electron chi connectivity index (χ1n) is 4.70. The highest BCUT2D eigenvalue weighted by Gasteiger charge is 2.22. The van der Waals surface area contributed by atoms with Gasteiger partial charge < -0.3 is 10.6 Å². The van der Waals surface area contributed by atoms with Gasteiger partial charge in [0.15, 0.2) is 0 Å². The number of nitriles is 1. The second-order valence-corrected chi connectivity index (χ2v) is 3.36. The Hall–Kier alpha value is -1.08. The first-order chi connectivity index (χ1) is 6.29. The number of hydrogen-bond donors (Lipinski definition) is 2. The molecule has 1 saturated heterocycles. The molecular formula is C9H16N4. The molecule has 1 atom stereocenters. The molecule has 0 aromatic rings. The van der Waals surface area contributed by atoms with Crippen molar-refractivity contribution in [3.63, 3.8) is 0 Å². The first-order valence-corrected chi connectivity index (χ1v) is 4.70. The van der Waals surface area contributed by atoms with Crippen LogP contribution in [-0.4, -0.2) is 23.4 Å². The minimum absolute atomic E-state index is 0.171. The standard InChI is InChI=1S/C9H16N4/c10-6-5-8-3-1-2-4-9(12)13(8)7-11/h8,12H,1-5,7,11H2. The third-order valence-corrected chi connectivity index (χ3v) is 2.51. The highest BCUT2D eigenvalue weighted by molar-refractivity contribution is 5.79. The zero-order valence-corrected chi connectivity index (χ0v) is 7.79. The summed E-state index contributed by atoms with van der Waals surface area (Å²) in [7, 11) is 0. The van der Waals surface area contributed by atoms with Gasteiger partial charge >= 0.3 is 0 Å². The van der Waals surface area contributed by atoms with E-state index in [0.29, 0.717) is 18.9 Å². The lowest BCUT2D eigenvalue weighted by molar-refractivity contribution is 0.307. The largest absolute Gasteiger partial charge is 0.344 e. The molecule has 72 valence electrons. The maximum Gasteiger partial charge on any atom is 0.0970 e. The van der Waals surface area contributed by atoms with Gasteiger partial charge in [-0.1, -0.05) is 6.42 Å². The molecule has 0 bridgehead atoms. The Balaban J connectivity index is 2.66. The van der Waals surface area contributed by atoms with E-state index in [1.54, 1.807) is 0 Å². The van der Waals surface area contributed by atoms with Crippen molar-refractivity contribution in [3.05, 3.63) is 0 Å². The van der Waals surface area contributed by atoms with Crippen molar-refractivity contribution in [1.82, 2.24) is 4.90 Å². The summed E-state index contributed by atoms with van der Waals surface area (Å²) >= 11 is 0. The third kappa shape index (κ3) is 2.43. The summed E-state index contributed by atoms with van der Waals surface area (Å²) < 4.78 is 0. The van der Waals surface area contributed by atoms with Gasteiger partial charge in [0.05, 0.1) is 25.0 Å². The molecule has 4 heteroatoms. The molecule has 1 unspecified atom stereocenters. The van der Waals surface area contributed by atoms with E-state index in [9.17, 15) is 0 Å². The molecule has 3 N–H and O–H groups in total. The van der Waals surface area contributed by atoms with Gasteiger partial charge in [0.1, 0.15) is 0 Å². The summed E-state index contributed by atoms with van der Waals surface area (Å²) in [5, 5.41) is 16.4. The molecule has 1 aliphatic rings. The molecule has 0 aromatic heterocycles. The van der Waals surface area contributed by atoms with Gasteiger partial charge in [-0.15, -0.1) is 0 Å². The van der Waals surface area contributed by atoms with Crippen LogP contribution in [0.5, 0.6) is 0 Å². The number of hydrogen-bond acceptors (Lipinski definition) is 3. The highest BCUT2D eigenvalue weighted by atomic mass is 15.2. The monoisotopic (exact) mass is 180 g/mol. The summed E-state index contributed by atoms with van der Waals surface area (Å²) in [6, 6.07) is 2.33. The Labute approximate surface area is 78.8 Å². The molecule has 0 saturated carbocycles. The van der Waals surface area contributed by atoms with Crippen molar-refractivity contribution >= 4 is 5.84 Å². The van der Waals surface area contributed by atoms with Gasteiger partial charge in [-0.05, 0) is 12.8 Å². The lowest BCUT2D eigenvalue weighted by Crippen LogP contribution is -2.42. The molecule has 1 fully saturated rings. The minimum atomic E-state index is 0.171. The van der Waals surface area contributed by atoms with Crippen LogP contribution < -0.4 is 5.73 Å². The van der Waals surface area contributed by atoms with Crippen molar-refractivity contribution in [2.45, 2.75) is 38.1 Å². The SMILES string of the molecule is N#CCC1CCCCC(=N)N1CN. The fourth-order valence-electron chi connectivity index (χ4n) is 1.77. The normalized spacial score (nSPS) is 23.8. The van der Waals surface area contributed by atoms with Crippen molar-refractivity contribution in [3.8, 4) is 6.07 Å². The molecular weight excluding hydrogens is 164 g/mol. The fraction of sp³-hybridized carbons (Fsp3) is 0.778. The summed E-state index contributed by atoms with van der Waals surface area (Å²) in [5.74, 6) is 0.597. The van der Waals surface area contributed by atoms with Crippen LogP contribution in [0.25, 0.3) is 0 Å². The topological polar surface area (TPSA) is 76.9 Å². The molecule has 1 aliphatic heterocycles. The van der Waals surface area contributed by atoms with Gasteiger partial charge in [-0.3, -0.25) is 5.41 Å². The predicted octanol–water partition coefficient (Wildman–Crippen LogP) is 1.04. The van der Waals surface area contributed by atoms with Crippen LogP contribution in [0.2, 0.25) is 0 Å². The number of rotatable bonds is 2. The van der Waals surface area contributed by atoms with E-state index >= 15 is 0 Å². The van der Waals surface area contributed by atoms with Crippen LogP contribution in [0.1, 0.15) is 32.1 Å². The van der Waals surface area contributed by atoms with E-state index in [-0.39, 0.29) is 6.04 Å². The summed E-state index contributed by atoms with van der Waals surface area (Å²) in [4.78, 5) is 1.86. The quantitative estimate of drug-likeness (QED) is 0.666. The second kappa shape index (κ2) is 4.83. The molecule has 1 rings (SSSR count). The number of nitrogens with two attached hydrogens (primary N) is 1. The van der Waals surface area contributed by atoms with E-state index in [4.69, 9.17) is 16.4 Å². The number of amidine groups is 1. The average Bonchev–Trinajstić information content (AvgIpc) is 2.28. The van der Waals surface area contributed by atoms with Crippen LogP contribution in [-0.2, 0) is 0 Å². The van der Waals surface area contributed by atoms with Gasteiger partial charge in [-0.25, -0.2) is 0 Å². The molecule has 0 amide bonds. The van der Waals surface area contributed by atoms with Gasteiger partial charge in [-0.2, -0.15) is 5.26 Å². The Bertz CT molecular complexity index is 218. The number of likely N-dealkylation sites (tertiary alicyclic amines) is 1. The number of nitrogens with zero attached hydrogens (tertiary/aromatic N) is 2. The molecule has 0 aromatic carbocycles. The Morgan fingerprint density at radius 3 is 3.00 bits per heavy atom. The van der Waals surface area contributed by atoms with E-state index in [2.05, 4.69) is 6.07 Å². The van der Waals surface area contributed by atoms with Crippen LogP contribution in [0.15, 0.2) is 0 Å². The highest BCUT2D eigenvalue weighted by Crippen LogP contribution is 2.18. The molecule has 1 heterocycles. The Morgan fingerprint density at radius 2 is 2.38 bits per heavy atom. The Kier molecular flexibility index (Phi) is 3.71. The molecule has 0 aliphatic carbocycles. The average molecular weight is 180 g/mol. The molecule has 4 nitrogen and oxygen atoms in total. The van der Waals surface area contributed by atoms with Crippen LogP contribution >= 0.6 is 0 Å². The van der Waals surface area contributed by atoms with Gasteiger partial charge in [0.25, 0.3) is 0 Å². The van der Waals surface area contributed by atoms with Crippen molar-refractivity contribution < 1.29 is 0 Å². The molecule has 0 spiro atoms. The minimum Gasteiger partial charge on any atom is -0.344 e. The van der Waals surface area contributed by atoms with Gasteiger partial charge in [0, 0.05) is 12.5 Å². The van der Waals surface area contributed by atoms with Gasteiger partial charge in [0.2, 0.25) is 0 Å². The Morgan fingerprint density at radius 1 is 1.62 bits per heavy atom. The molecule has 0 radical (unpaired) electrons. The predicted molar refractivity (Wildman–Crippen MR) is 51.1 cm³/mol. The van der Waals surface area contributed by atoms with Crippen molar-refractivity contribution in [2.24, 2.45) is 5.73 Å². The second-order valence-electron chi connectivity index (χ2n) is 3.36. The summed E-state index contributed by atoms with van der Waals surface area (Å²) in [6.45, 7) is 0.366. The lowest BCUT2D eigenvalue weighted by atomic mass is 10.1. The summed E-state index contributed by atoms with van der Waals surface area (Å²) in [6.07, 6.45) is 4.44.